The molecule has 0 aliphatic carbocycles. The summed E-state index contributed by atoms with van der Waals surface area (Å²) in [6.45, 7) is 1.21. The predicted molar refractivity (Wildman–Crippen MR) is 94.9 cm³/mol. The van der Waals surface area contributed by atoms with Gasteiger partial charge in [0, 0.05) is 5.56 Å². The van der Waals surface area contributed by atoms with Crippen molar-refractivity contribution >= 4 is 23.3 Å². The molecule has 26 heavy (non-hydrogen) atoms. The van der Waals surface area contributed by atoms with Crippen LogP contribution < -0.4 is 14.8 Å². The molecule has 2 aromatic carbocycles. The van der Waals surface area contributed by atoms with Gasteiger partial charge in [0.05, 0.1) is 25.5 Å². The van der Waals surface area contributed by atoms with Crippen LogP contribution in [0.3, 0.4) is 0 Å². The number of rotatable bonds is 7. The molecule has 2 rings (SSSR count). The number of benzene rings is 2. The highest BCUT2D eigenvalue weighted by Crippen LogP contribution is 2.23. The lowest BCUT2D eigenvalue weighted by Crippen LogP contribution is -2.21. The number of esters is 1. The van der Waals surface area contributed by atoms with Crippen LogP contribution in [0.25, 0.3) is 0 Å². The molecule has 0 radical (unpaired) electrons. The largest absolute Gasteiger partial charge is 0.497 e. The molecule has 0 unspecified atom stereocenters. The van der Waals surface area contributed by atoms with Crippen molar-refractivity contribution in [2.24, 2.45) is 0 Å². The van der Waals surface area contributed by atoms with Gasteiger partial charge in [-0.1, -0.05) is 0 Å². The van der Waals surface area contributed by atoms with Crippen molar-refractivity contribution < 1.29 is 28.6 Å². The number of ether oxygens (including phenoxy) is 3. The number of amides is 1. The summed E-state index contributed by atoms with van der Waals surface area (Å²) < 4.78 is 15.2. The summed E-state index contributed by atoms with van der Waals surface area (Å²) in [7, 11) is 2.72. The van der Waals surface area contributed by atoms with E-state index >= 15 is 0 Å². The van der Waals surface area contributed by atoms with Crippen molar-refractivity contribution in [3.8, 4) is 11.5 Å². The number of carbonyl (C=O) groups is 3. The average Bonchev–Trinajstić information content (AvgIpc) is 2.66. The summed E-state index contributed by atoms with van der Waals surface area (Å²) >= 11 is 0. The SMILES string of the molecule is COC(=O)c1cc(OC)ccc1NC(=O)COc1ccc(C(C)=O)cc1. The maximum atomic E-state index is 12.1. The normalized spacial score (nSPS) is 9.96. The summed E-state index contributed by atoms with van der Waals surface area (Å²) in [6.07, 6.45) is 0. The van der Waals surface area contributed by atoms with Gasteiger partial charge in [0.1, 0.15) is 11.5 Å². The lowest BCUT2D eigenvalue weighted by atomic mass is 10.1. The maximum absolute atomic E-state index is 12.1. The molecule has 0 bridgehead atoms. The van der Waals surface area contributed by atoms with Crippen LogP contribution >= 0.6 is 0 Å². The minimum Gasteiger partial charge on any atom is -0.497 e. The molecule has 136 valence electrons. The van der Waals surface area contributed by atoms with Gasteiger partial charge in [0.25, 0.3) is 5.91 Å². The number of nitrogens with one attached hydrogen (secondary N) is 1. The fourth-order valence-corrected chi connectivity index (χ4v) is 2.16. The van der Waals surface area contributed by atoms with Crippen LogP contribution in [-0.4, -0.2) is 38.5 Å². The Hall–Kier alpha value is -3.35. The molecule has 7 nitrogen and oxygen atoms in total. The number of methoxy groups -OCH3 is 2. The van der Waals surface area contributed by atoms with Crippen LogP contribution in [-0.2, 0) is 9.53 Å². The van der Waals surface area contributed by atoms with E-state index in [2.05, 4.69) is 5.32 Å². The van der Waals surface area contributed by atoms with E-state index in [4.69, 9.17) is 14.2 Å². The van der Waals surface area contributed by atoms with Gasteiger partial charge in [-0.15, -0.1) is 0 Å². The van der Waals surface area contributed by atoms with Crippen LogP contribution in [0.1, 0.15) is 27.6 Å². The van der Waals surface area contributed by atoms with E-state index in [1.807, 2.05) is 0 Å². The highest BCUT2D eigenvalue weighted by molar-refractivity contribution is 6.02. The minimum atomic E-state index is -0.597. The molecular weight excluding hydrogens is 338 g/mol. The number of hydrogen-bond acceptors (Lipinski definition) is 6. The first-order valence-corrected chi connectivity index (χ1v) is 7.74. The third-order valence-corrected chi connectivity index (χ3v) is 3.54. The third-order valence-electron chi connectivity index (χ3n) is 3.54. The molecule has 7 heteroatoms. The molecule has 1 amide bonds. The van der Waals surface area contributed by atoms with E-state index in [1.165, 1.54) is 27.2 Å². The molecule has 0 fully saturated rings. The molecule has 0 spiro atoms. The van der Waals surface area contributed by atoms with Crippen molar-refractivity contribution in [3.63, 3.8) is 0 Å². The van der Waals surface area contributed by atoms with Gasteiger partial charge in [-0.3, -0.25) is 9.59 Å². The molecule has 1 N–H and O–H groups in total. The average molecular weight is 357 g/mol. The van der Waals surface area contributed by atoms with Crippen molar-refractivity contribution in [2.75, 3.05) is 26.1 Å². The fourth-order valence-electron chi connectivity index (χ4n) is 2.16. The highest BCUT2D eigenvalue weighted by Gasteiger charge is 2.15. The zero-order chi connectivity index (χ0) is 19.1. The summed E-state index contributed by atoms with van der Waals surface area (Å²) in [4.78, 5) is 35.2. The lowest BCUT2D eigenvalue weighted by molar-refractivity contribution is -0.118. The molecule has 0 saturated heterocycles. The van der Waals surface area contributed by atoms with Gasteiger partial charge in [0.2, 0.25) is 0 Å². The summed E-state index contributed by atoms with van der Waals surface area (Å²) in [5, 5.41) is 2.60. The summed E-state index contributed by atoms with van der Waals surface area (Å²) in [6, 6.07) is 11.1. The number of carbonyl (C=O) groups excluding carboxylic acids is 3. The minimum absolute atomic E-state index is 0.0517. The zero-order valence-electron chi connectivity index (χ0n) is 14.7. The second-order valence-electron chi connectivity index (χ2n) is 5.32. The highest BCUT2D eigenvalue weighted by atomic mass is 16.5. The van der Waals surface area contributed by atoms with Crippen LogP contribution in [0.15, 0.2) is 42.5 Å². The number of ketones is 1. The van der Waals surface area contributed by atoms with Gasteiger partial charge in [-0.25, -0.2) is 4.79 Å². The van der Waals surface area contributed by atoms with E-state index in [1.54, 1.807) is 36.4 Å². The van der Waals surface area contributed by atoms with Gasteiger partial charge in [-0.2, -0.15) is 0 Å². The van der Waals surface area contributed by atoms with Crippen molar-refractivity contribution in [1.29, 1.82) is 0 Å². The third kappa shape index (κ3) is 4.83. The number of anilines is 1. The molecule has 0 aliphatic heterocycles. The monoisotopic (exact) mass is 357 g/mol. The zero-order valence-corrected chi connectivity index (χ0v) is 14.7. The van der Waals surface area contributed by atoms with Crippen LogP contribution in [0.2, 0.25) is 0 Å². The van der Waals surface area contributed by atoms with Crippen molar-refractivity contribution in [2.45, 2.75) is 6.92 Å². The maximum Gasteiger partial charge on any atom is 0.340 e. The Morgan fingerprint density at radius 1 is 0.962 bits per heavy atom. The van der Waals surface area contributed by atoms with E-state index in [0.717, 1.165) is 0 Å². The topological polar surface area (TPSA) is 90.9 Å². The molecule has 2 aromatic rings. The molecule has 0 atom stereocenters. The standard InChI is InChI=1S/C19H19NO6/c1-12(21)13-4-6-14(7-5-13)26-11-18(22)20-17-9-8-15(24-2)10-16(17)19(23)25-3/h4-10H,11H2,1-3H3,(H,20,22). The molecular formula is C19H19NO6. The van der Waals surface area contributed by atoms with Crippen LogP contribution in [0.5, 0.6) is 11.5 Å². The van der Waals surface area contributed by atoms with E-state index < -0.39 is 11.9 Å². The Balaban J connectivity index is 2.03. The Morgan fingerprint density at radius 3 is 2.19 bits per heavy atom. The van der Waals surface area contributed by atoms with Gasteiger partial charge in [0.15, 0.2) is 12.4 Å². The Morgan fingerprint density at radius 2 is 1.62 bits per heavy atom. The summed E-state index contributed by atoms with van der Waals surface area (Å²) in [5.41, 5.74) is 1.02. The van der Waals surface area contributed by atoms with Crippen molar-refractivity contribution in [3.05, 3.63) is 53.6 Å². The Labute approximate surface area is 150 Å². The van der Waals surface area contributed by atoms with Gasteiger partial charge in [-0.05, 0) is 49.4 Å². The first kappa shape index (κ1) is 19.0. The molecule has 0 saturated carbocycles. The smallest absolute Gasteiger partial charge is 0.340 e. The fraction of sp³-hybridized carbons (Fsp3) is 0.211. The second kappa shape index (κ2) is 8.66. The van der Waals surface area contributed by atoms with E-state index in [0.29, 0.717) is 17.1 Å². The Kier molecular flexibility index (Phi) is 6.32. The number of hydrogen-bond donors (Lipinski definition) is 1. The van der Waals surface area contributed by atoms with Gasteiger partial charge < -0.3 is 19.5 Å². The summed E-state index contributed by atoms with van der Waals surface area (Å²) in [5.74, 6) is -0.182. The molecule has 0 aromatic heterocycles. The molecule has 0 aliphatic rings. The second-order valence-corrected chi connectivity index (χ2v) is 5.32. The number of Topliss-reactive ketones (excluding diaryl/α,β-unsaturated/α-hetero) is 1. The van der Waals surface area contributed by atoms with Crippen molar-refractivity contribution in [1.82, 2.24) is 0 Å². The first-order valence-electron chi connectivity index (χ1n) is 7.74. The van der Waals surface area contributed by atoms with Crippen LogP contribution in [0.4, 0.5) is 5.69 Å². The molecule has 0 heterocycles. The van der Waals surface area contributed by atoms with Gasteiger partial charge >= 0.3 is 5.97 Å². The predicted octanol–water partition coefficient (Wildman–Crippen LogP) is 2.70. The van der Waals surface area contributed by atoms with Crippen LogP contribution in [0, 0.1) is 0 Å². The quantitative estimate of drug-likeness (QED) is 0.605. The lowest BCUT2D eigenvalue weighted by Gasteiger charge is -2.12. The Bertz CT molecular complexity index is 813. The van der Waals surface area contributed by atoms with E-state index in [9.17, 15) is 14.4 Å². The first-order chi connectivity index (χ1) is 12.4. The van der Waals surface area contributed by atoms with E-state index in [-0.39, 0.29) is 23.6 Å².